The summed E-state index contributed by atoms with van der Waals surface area (Å²) in [4.78, 5) is 0. The number of hydrogen-bond donors (Lipinski definition) is 1. The molecule has 23 heavy (non-hydrogen) atoms. The summed E-state index contributed by atoms with van der Waals surface area (Å²) in [6, 6.07) is 8.92. The Balaban J connectivity index is 0.00000264. The van der Waals surface area contributed by atoms with Crippen molar-refractivity contribution >= 4 is 0 Å². The van der Waals surface area contributed by atoms with Crippen LogP contribution >= 0.6 is 0 Å². The first-order valence-corrected chi connectivity index (χ1v) is 8.66. The molecule has 0 aromatic heterocycles. The minimum atomic E-state index is -0.188. The van der Waals surface area contributed by atoms with Gasteiger partial charge in [-0.25, -0.2) is 0 Å². The van der Waals surface area contributed by atoms with Crippen molar-refractivity contribution in [2.75, 3.05) is 0 Å². The SMILES string of the molecule is [CH2-]CC/C=C/CC1CCC(O)C1c1ccc(C(C)(C)C)cc1.[Y+3]. The minimum absolute atomic E-state index is 0. The van der Waals surface area contributed by atoms with E-state index in [0.29, 0.717) is 11.8 Å². The van der Waals surface area contributed by atoms with Gasteiger partial charge in [0.05, 0.1) is 6.10 Å². The minimum Gasteiger partial charge on any atom is -0.392 e. The maximum atomic E-state index is 10.4. The molecular weight excluding hydrogens is 357 g/mol. The second-order valence-electron chi connectivity index (χ2n) is 7.65. The van der Waals surface area contributed by atoms with Gasteiger partial charge >= 0.3 is 32.7 Å². The molecule has 1 saturated carbocycles. The Kier molecular flexibility index (Phi) is 8.69. The Bertz CT molecular complexity index is 484. The third kappa shape index (κ3) is 5.80. The van der Waals surface area contributed by atoms with E-state index in [1.165, 1.54) is 11.1 Å². The molecule has 3 unspecified atom stereocenters. The number of aliphatic hydroxyl groups is 1. The molecule has 1 nitrogen and oxygen atoms in total. The van der Waals surface area contributed by atoms with Crippen molar-refractivity contribution in [1.29, 1.82) is 0 Å². The van der Waals surface area contributed by atoms with Crippen LogP contribution in [0.1, 0.15) is 69.9 Å². The van der Waals surface area contributed by atoms with Crippen molar-refractivity contribution < 1.29 is 37.8 Å². The molecule has 0 heterocycles. The zero-order valence-corrected chi connectivity index (χ0v) is 17.8. The number of aliphatic hydroxyl groups excluding tert-OH is 1. The number of unbranched alkanes of at least 4 members (excludes halogenated alkanes) is 1. The van der Waals surface area contributed by atoms with E-state index < -0.39 is 0 Å². The van der Waals surface area contributed by atoms with Gasteiger partial charge in [0.25, 0.3) is 0 Å². The van der Waals surface area contributed by atoms with Gasteiger partial charge in [-0.2, -0.15) is 6.42 Å². The van der Waals surface area contributed by atoms with Crippen LogP contribution in [0, 0.1) is 12.8 Å². The van der Waals surface area contributed by atoms with Gasteiger partial charge in [-0.3, -0.25) is 0 Å². The fraction of sp³-hybridized carbons (Fsp3) is 0.571. The van der Waals surface area contributed by atoms with Crippen molar-refractivity contribution in [1.82, 2.24) is 0 Å². The van der Waals surface area contributed by atoms with Crippen LogP contribution in [0.4, 0.5) is 0 Å². The fourth-order valence-corrected chi connectivity index (χ4v) is 3.53. The standard InChI is InChI=1S/C21H31O.Y/c1-5-6-7-8-9-16-12-15-19(22)20(16)17-10-13-18(14-11-17)21(2,3)4;/h7-8,10-11,13-14,16,19-20,22H,1,5-6,9,12,15H2,2-4H3;/q-1;+3/b8-7+;. The molecule has 0 radical (unpaired) electrons. The Hall–Kier alpha value is 0.0239. The van der Waals surface area contributed by atoms with Crippen LogP contribution < -0.4 is 0 Å². The zero-order chi connectivity index (χ0) is 16.2. The summed E-state index contributed by atoms with van der Waals surface area (Å²) in [6.07, 6.45) is 9.47. The molecule has 1 aromatic rings. The number of allylic oxidation sites excluding steroid dienone is 2. The quantitative estimate of drug-likeness (QED) is 0.529. The van der Waals surface area contributed by atoms with Crippen LogP contribution in [0.15, 0.2) is 36.4 Å². The molecule has 0 bridgehead atoms. The van der Waals surface area contributed by atoms with E-state index in [1.54, 1.807) is 0 Å². The van der Waals surface area contributed by atoms with Gasteiger partial charge < -0.3 is 12.0 Å². The van der Waals surface area contributed by atoms with Crippen LogP contribution in [0.2, 0.25) is 0 Å². The Morgan fingerprint density at radius 3 is 2.35 bits per heavy atom. The summed E-state index contributed by atoms with van der Waals surface area (Å²) >= 11 is 0. The van der Waals surface area contributed by atoms with Gasteiger partial charge in [-0.15, -0.1) is 0 Å². The van der Waals surface area contributed by atoms with E-state index in [2.05, 4.69) is 64.1 Å². The molecule has 0 saturated heterocycles. The second kappa shape index (κ2) is 9.49. The smallest absolute Gasteiger partial charge is 0.392 e. The first kappa shape index (κ1) is 21.1. The summed E-state index contributed by atoms with van der Waals surface area (Å²) in [6.45, 7) is 10.6. The Labute approximate surface area is 167 Å². The fourth-order valence-electron chi connectivity index (χ4n) is 3.53. The first-order chi connectivity index (χ1) is 10.4. The molecule has 3 atom stereocenters. The van der Waals surface area contributed by atoms with Crippen molar-refractivity contribution in [3.05, 3.63) is 54.5 Å². The summed E-state index contributed by atoms with van der Waals surface area (Å²) < 4.78 is 0. The van der Waals surface area contributed by atoms with Gasteiger partial charge in [-0.05, 0) is 41.7 Å². The van der Waals surface area contributed by atoms with Gasteiger partial charge in [-0.1, -0.05) is 63.6 Å². The third-order valence-electron chi connectivity index (χ3n) is 4.89. The van der Waals surface area contributed by atoms with Crippen molar-refractivity contribution in [3.63, 3.8) is 0 Å². The predicted octanol–water partition coefficient (Wildman–Crippen LogP) is 5.40. The summed E-state index contributed by atoms with van der Waals surface area (Å²) in [5.41, 5.74) is 2.84. The van der Waals surface area contributed by atoms with E-state index in [0.717, 1.165) is 32.1 Å². The predicted molar refractivity (Wildman–Crippen MR) is 95.0 cm³/mol. The van der Waals surface area contributed by atoms with E-state index in [1.807, 2.05) is 0 Å². The van der Waals surface area contributed by atoms with Gasteiger partial charge in [0, 0.05) is 5.92 Å². The average Bonchev–Trinajstić information content (AvgIpc) is 2.84. The van der Waals surface area contributed by atoms with Crippen molar-refractivity contribution in [3.8, 4) is 0 Å². The molecule has 0 aliphatic heterocycles. The molecule has 1 fully saturated rings. The molecule has 1 aliphatic carbocycles. The van der Waals surface area contributed by atoms with E-state index in [-0.39, 0.29) is 44.2 Å². The van der Waals surface area contributed by atoms with Gasteiger partial charge in [0.2, 0.25) is 0 Å². The van der Waals surface area contributed by atoms with Crippen LogP contribution in [0.3, 0.4) is 0 Å². The maximum absolute atomic E-state index is 10.4. The third-order valence-corrected chi connectivity index (χ3v) is 4.89. The Morgan fingerprint density at radius 1 is 1.13 bits per heavy atom. The number of rotatable bonds is 5. The second-order valence-corrected chi connectivity index (χ2v) is 7.65. The van der Waals surface area contributed by atoms with Crippen LogP contribution in [-0.4, -0.2) is 11.2 Å². The zero-order valence-electron chi connectivity index (χ0n) is 15.0. The summed E-state index contributed by atoms with van der Waals surface area (Å²) in [5, 5.41) is 10.4. The molecule has 1 aromatic carbocycles. The average molecular weight is 388 g/mol. The summed E-state index contributed by atoms with van der Waals surface area (Å²) in [5.74, 6) is 0.856. The Morgan fingerprint density at radius 2 is 1.78 bits per heavy atom. The van der Waals surface area contributed by atoms with E-state index in [4.69, 9.17) is 0 Å². The van der Waals surface area contributed by atoms with Crippen LogP contribution in [-0.2, 0) is 38.1 Å². The first-order valence-electron chi connectivity index (χ1n) is 8.66. The molecule has 2 rings (SSSR count). The molecular formula is C21H31OY+2. The number of benzene rings is 1. The van der Waals surface area contributed by atoms with Crippen LogP contribution in [0.5, 0.6) is 0 Å². The van der Waals surface area contributed by atoms with Crippen LogP contribution in [0.25, 0.3) is 0 Å². The summed E-state index contributed by atoms with van der Waals surface area (Å²) in [7, 11) is 0. The van der Waals surface area contributed by atoms with Gasteiger partial charge in [0.1, 0.15) is 0 Å². The molecule has 1 N–H and O–H groups in total. The van der Waals surface area contributed by atoms with Gasteiger partial charge in [0.15, 0.2) is 0 Å². The molecule has 1 aliphatic rings. The molecule has 2 heteroatoms. The monoisotopic (exact) mass is 388 g/mol. The van der Waals surface area contributed by atoms with E-state index >= 15 is 0 Å². The van der Waals surface area contributed by atoms with E-state index in [9.17, 15) is 5.11 Å². The van der Waals surface area contributed by atoms with Crippen molar-refractivity contribution in [2.45, 2.75) is 70.3 Å². The normalized spacial score (nSPS) is 24.8. The largest absolute Gasteiger partial charge is 3.00 e. The number of hydrogen-bond acceptors (Lipinski definition) is 1. The van der Waals surface area contributed by atoms with Crippen molar-refractivity contribution in [2.24, 2.45) is 5.92 Å². The maximum Gasteiger partial charge on any atom is 3.00 e. The molecule has 0 spiro atoms. The molecule has 122 valence electrons. The molecule has 0 amide bonds. The topological polar surface area (TPSA) is 20.2 Å².